The van der Waals surface area contributed by atoms with E-state index in [0.717, 1.165) is 57.1 Å². The van der Waals surface area contributed by atoms with Crippen molar-refractivity contribution in [3.05, 3.63) is 24.3 Å². The number of carbonyl (C=O) groups is 1. The Morgan fingerprint density at radius 3 is 2.88 bits per heavy atom. The Labute approximate surface area is 150 Å². The second-order valence-electron chi connectivity index (χ2n) is 6.75. The third kappa shape index (κ3) is 5.09. The molecule has 1 aromatic rings. The summed E-state index contributed by atoms with van der Waals surface area (Å²) in [7, 11) is 0. The predicted octanol–water partition coefficient (Wildman–Crippen LogP) is 0.0854. The summed E-state index contributed by atoms with van der Waals surface area (Å²) in [6.07, 6.45) is 2.38. The van der Waals surface area contributed by atoms with Crippen molar-refractivity contribution in [2.24, 2.45) is 0 Å². The number of hydrogen-bond donors (Lipinski definition) is 2. The fourth-order valence-electron chi connectivity index (χ4n) is 3.56. The number of quaternary nitrogens is 1. The molecule has 2 aliphatic heterocycles. The van der Waals surface area contributed by atoms with Crippen LogP contribution >= 0.6 is 0 Å². The fraction of sp³-hybridized carbons (Fsp3) is 0.632. The molecule has 0 radical (unpaired) electrons. The van der Waals surface area contributed by atoms with E-state index < -0.39 is 0 Å². The molecule has 0 aromatic heterocycles. The molecule has 1 aromatic carbocycles. The molecule has 2 N–H and O–H groups in total. The second-order valence-corrected chi connectivity index (χ2v) is 6.75. The molecular formula is C19H30N3O3+. The first kappa shape index (κ1) is 18.0. The molecule has 138 valence electrons. The molecular weight excluding hydrogens is 318 g/mol. The van der Waals surface area contributed by atoms with Crippen LogP contribution < -0.4 is 19.9 Å². The summed E-state index contributed by atoms with van der Waals surface area (Å²) in [4.78, 5) is 15.8. The van der Waals surface area contributed by atoms with Gasteiger partial charge in [-0.1, -0.05) is 12.1 Å². The van der Waals surface area contributed by atoms with Crippen LogP contribution in [0.15, 0.2) is 24.3 Å². The maximum atomic E-state index is 12.1. The Morgan fingerprint density at radius 2 is 2.16 bits per heavy atom. The molecule has 1 atom stereocenters. The minimum absolute atomic E-state index is 0.133. The maximum absolute atomic E-state index is 12.1. The van der Waals surface area contributed by atoms with Crippen molar-refractivity contribution in [1.82, 2.24) is 5.32 Å². The molecule has 1 amide bonds. The highest BCUT2D eigenvalue weighted by atomic mass is 16.5. The van der Waals surface area contributed by atoms with Crippen LogP contribution in [0.3, 0.4) is 0 Å². The van der Waals surface area contributed by atoms with Crippen LogP contribution in [0.4, 0.5) is 5.69 Å². The lowest BCUT2D eigenvalue weighted by Gasteiger charge is -2.34. The van der Waals surface area contributed by atoms with E-state index in [-0.39, 0.29) is 12.0 Å². The highest BCUT2D eigenvalue weighted by molar-refractivity contribution is 5.76. The molecule has 6 nitrogen and oxygen atoms in total. The Hall–Kier alpha value is -1.79. The van der Waals surface area contributed by atoms with Gasteiger partial charge >= 0.3 is 0 Å². The summed E-state index contributed by atoms with van der Waals surface area (Å²) >= 11 is 0. The highest BCUT2D eigenvalue weighted by Gasteiger charge is 2.24. The van der Waals surface area contributed by atoms with Crippen molar-refractivity contribution in [3.8, 4) is 5.75 Å². The van der Waals surface area contributed by atoms with E-state index in [1.807, 2.05) is 19.1 Å². The maximum Gasteiger partial charge on any atom is 0.275 e. The smallest absolute Gasteiger partial charge is 0.275 e. The van der Waals surface area contributed by atoms with E-state index in [9.17, 15) is 4.79 Å². The molecule has 6 heteroatoms. The van der Waals surface area contributed by atoms with E-state index >= 15 is 0 Å². The molecule has 3 rings (SSSR count). The number of rotatable bonds is 7. The first-order valence-corrected chi connectivity index (χ1v) is 9.45. The van der Waals surface area contributed by atoms with E-state index in [2.05, 4.69) is 22.3 Å². The van der Waals surface area contributed by atoms with Gasteiger partial charge in [0.05, 0.1) is 44.6 Å². The Bertz CT molecular complexity index is 553. The molecule has 2 fully saturated rings. The van der Waals surface area contributed by atoms with Crippen LogP contribution in [0.2, 0.25) is 0 Å². The zero-order chi connectivity index (χ0) is 17.5. The van der Waals surface area contributed by atoms with Gasteiger partial charge in [0.25, 0.3) is 5.91 Å². The van der Waals surface area contributed by atoms with Gasteiger partial charge in [-0.3, -0.25) is 4.79 Å². The molecule has 0 unspecified atom stereocenters. The number of anilines is 1. The summed E-state index contributed by atoms with van der Waals surface area (Å²) in [6, 6.07) is 8.20. The van der Waals surface area contributed by atoms with Crippen molar-refractivity contribution in [2.75, 3.05) is 57.4 Å². The number of carbonyl (C=O) groups excluding carboxylic acids is 1. The van der Waals surface area contributed by atoms with Crippen LogP contribution in [0, 0.1) is 0 Å². The van der Waals surface area contributed by atoms with E-state index in [1.165, 1.54) is 4.90 Å². The topological polar surface area (TPSA) is 55.2 Å². The first-order valence-electron chi connectivity index (χ1n) is 9.45. The molecule has 2 saturated heterocycles. The fourth-order valence-corrected chi connectivity index (χ4v) is 3.56. The van der Waals surface area contributed by atoms with Crippen LogP contribution in [0.5, 0.6) is 5.75 Å². The number of benzene rings is 1. The summed E-state index contributed by atoms with van der Waals surface area (Å²) in [5.41, 5.74) is 1.16. The zero-order valence-corrected chi connectivity index (χ0v) is 15.1. The van der Waals surface area contributed by atoms with Crippen LogP contribution in [-0.2, 0) is 9.53 Å². The lowest BCUT2D eigenvalue weighted by molar-refractivity contribution is -0.892. The number of nitrogens with zero attached hydrogens (tertiary/aromatic N) is 1. The van der Waals surface area contributed by atoms with Gasteiger partial charge in [-0.15, -0.1) is 0 Å². The number of piperazine rings is 1. The van der Waals surface area contributed by atoms with E-state index in [1.54, 1.807) is 0 Å². The minimum Gasteiger partial charge on any atom is -0.492 e. The van der Waals surface area contributed by atoms with Gasteiger partial charge in [0.1, 0.15) is 5.75 Å². The van der Waals surface area contributed by atoms with Gasteiger partial charge in [0.15, 0.2) is 6.54 Å². The van der Waals surface area contributed by atoms with Crippen molar-refractivity contribution in [3.63, 3.8) is 0 Å². The van der Waals surface area contributed by atoms with Crippen LogP contribution in [0.25, 0.3) is 0 Å². The Morgan fingerprint density at radius 1 is 1.36 bits per heavy atom. The predicted molar refractivity (Wildman–Crippen MR) is 97.4 cm³/mol. The number of nitrogens with one attached hydrogen (secondary N) is 2. The first-order chi connectivity index (χ1) is 12.3. The van der Waals surface area contributed by atoms with Crippen LogP contribution in [0.1, 0.15) is 19.8 Å². The standard InChI is InChI=1S/C19H29N3O3/c1-2-24-18-8-4-3-7-17(18)22-11-9-21(10-12-22)15-19(23)20-14-16-6-5-13-25-16/h3-4,7-8,16H,2,5-6,9-15H2,1H3,(H,20,23)/p+1/t16-/m1/s1. The second kappa shape index (κ2) is 9.06. The highest BCUT2D eigenvalue weighted by Crippen LogP contribution is 2.27. The molecule has 0 aliphatic carbocycles. The van der Waals surface area contributed by atoms with Crippen molar-refractivity contribution < 1.29 is 19.2 Å². The van der Waals surface area contributed by atoms with Gasteiger partial charge < -0.3 is 24.6 Å². The third-order valence-electron chi connectivity index (χ3n) is 4.94. The molecule has 0 saturated carbocycles. The van der Waals surface area contributed by atoms with Crippen molar-refractivity contribution in [1.29, 1.82) is 0 Å². The van der Waals surface area contributed by atoms with Crippen LogP contribution in [-0.4, -0.2) is 64.5 Å². The normalized spacial score (nSPS) is 21.3. The van der Waals surface area contributed by atoms with Gasteiger partial charge in [-0.25, -0.2) is 0 Å². The number of ether oxygens (including phenoxy) is 2. The van der Waals surface area contributed by atoms with Gasteiger partial charge in [0, 0.05) is 13.2 Å². The van der Waals surface area contributed by atoms with E-state index in [4.69, 9.17) is 9.47 Å². The lowest BCUT2D eigenvalue weighted by atomic mass is 10.2. The molecule has 0 bridgehead atoms. The SMILES string of the molecule is CCOc1ccccc1N1CC[NH+](CC(=O)NC[C@H]2CCCO2)CC1. The average Bonchev–Trinajstić information content (AvgIpc) is 3.15. The zero-order valence-electron chi connectivity index (χ0n) is 15.1. The number of para-hydroxylation sites is 2. The van der Waals surface area contributed by atoms with Gasteiger partial charge in [-0.05, 0) is 31.9 Å². The summed E-state index contributed by atoms with van der Waals surface area (Å²) in [6.45, 7) is 8.53. The van der Waals surface area contributed by atoms with Gasteiger partial charge in [-0.2, -0.15) is 0 Å². The summed E-state index contributed by atoms with van der Waals surface area (Å²) in [5.74, 6) is 1.08. The average molecular weight is 348 g/mol. The summed E-state index contributed by atoms with van der Waals surface area (Å²) < 4.78 is 11.3. The lowest BCUT2D eigenvalue weighted by Crippen LogP contribution is -3.16. The minimum atomic E-state index is 0.133. The van der Waals surface area contributed by atoms with E-state index in [0.29, 0.717) is 19.7 Å². The molecule has 2 aliphatic rings. The van der Waals surface area contributed by atoms with Gasteiger partial charge in [0.2, 0.25) is 0 Å². The Balaban J connectivity index is 1.43. The summed E-state index contributed by atoms with van der Waals surface area (Å²) in [5, 5.41) is 3.02. The largest absolute Gasteiger partial charge is 0.492 e. The number of amides is 1. The monoisotopic (exact) mass is 348 g/mol. The van der Waals surface area contributed by atoms with Crippen molar-refractivity contribution in [2.45, 2.75) is 25.9 Å². The molecule has 2 heterocycles. The quantitative estimate of drug-likeness (QED) is 0.733. The molecule has 25 heavy (non-hydrogen) atoms. The third-order valence-corrected chi connectivity index (χ3v) is 4.94. The number of hydrogen-bond acceptors (Lipinski definition) is 4. The Kier molecular flexibility index (Phi) is 6.53. The van der Waals surface area contributed by atoms with Crippen molar-refractivity contribution >= 4 is 11.6 Å². The molecule has 0 spiro atoms.